The summed E-state index contributed by atoms with van der Waals surface area (Å²) >= 11 is 0. The molecule has 2 heteroatoms. The Morgan fingerprint density at radius 1 is 1.05 bits per heavy atom. The second-order valence-corrected chi connectivity index (χ2v) is 7.21. The van der Waals surface area contributed by atoms with Crippen molar-refractivity contribution < 1.29 is 4.79 Å². The molecule has 0 fully saturated rings. The van der Waals surface area contributed by atoms with Gasteiger partial charge in [-0.2, -0.15) is 0 Å². The van der Waals surface area contributed by atoms with E-state index in [1.165, 1.54) is 32.1 Å². The lowest BCUT2D eigenvalue weighted by molar-refractivity contribution is -0.124. The van der Waals surface area contributed by atoms with Crippen LogP contribution in [0.3, 0.4) is 0 Å². The molecule has 0 aliphatic heterocycles. The number of hydrogen-bond acceptors (Lipinski definition) is 2. The van der Waals surface area contributed by atoms with Crippen molar-refractivity contribution in [2.75, 3.05) is 0 Å². The average Bonchev–Trinajstić information content (AvgIpc) is 2.29. The second-order valence-electron chi connectivity index (χ2n) is 7.21. The van der Waals surface area contributed by atoms with E-state index in [-0.39, 0.29) is 17.4 Å². The second kappa shape index (κ2) is 9.52. The Bertz CT molecular complexity index is 240. The molecular weight excluding hydrogens is 234 g/mol. The van der Waals surface area contributed by atoms with Crippen LogP contribution >= 0.6 is 0 Å². The van der Waals surface area contributed by atoms with Gasteiger partial charge in [0.25, 0.3) is 0 Å². The van der Waals surface area contributed by atoms with Crippen molar-refractivity contribution >= 4 is 5.78 Å². The predicted molar refractivity (Wildman–Crippen MR) is 84.2 cm³/mol. The molecule has 0 bridgehead atoms. The summed E-state index contributed by atoms with van der Waals surface area (Å²) in [7, 11) is 0. The van der Waals surface area contributed by atoms with Crippen molar-refractivity contribution in [1.82, 2.24) is 0 Å². The molecule has 0 heterocycles. The summed E-state index contributed by atoms with van der Waals surface area (Å²) in [6.45, 7) is 10.7. The maximum Gasteiger partial charge on any atom is 0.137 e. The fourth-order valence-electron chi connectivity index (χ4n) is 2.52. The van der Waals surface area contributed by atoms with Crippen LogP contribution in [0, 0.1) is 11.3 Å². The van der Waals surface area contributed by atoms with Crippen LogP contribution in [0.4, 0.5) is 0 Å². The van der Waals surface area contributed by atoms with E-state index in [1.54, 1.807) is 0 Å². The quantitative estimate of drug-likeness (QED) is 0.584. The molecule has 0 aliphatic carbocycles. The summed E-state index contributed by atoms with van der Waals surface area (Å²) in [6, 6.07) is -0.0215. The Kier molecular flexibility index (Phi) is 9.34. The van der Waals surface area contributed by atoms with Crippen LogP contribution in [0.1, 0.15) is 86.0 Å². The maximum atomic E-state index is 12.3. The number of carbonyl (C=O) groups excluding carboxylic acids is 1. The molecule has 114 valence electrons. The molecule has 0 saturated heterocycles. The van der Waals surface area contributed by atoms with Gasteiger partial charge in [-0.25, -0.2) is 0 Å². The van der Waals surface area contributed by atoms with Crippen molar-refractivity contribution in [3.8, 4) is 0 Å². The fraction of sp³-hybridized carbons (Fsp3) is 0.941. The number of ketones is 1. The standard InChI is InChI=1S/C17H35NO/c1-6-7-8-9-10-11-12-16(19)15(14(2)18)13-17(3,4)5/h14-15H,6-13,18H2,1-5H3. The SMILES string of the molecule is CCCCCCCCC(=O)C(CC(C)(C)C)C(C)N. The highest BCUT2D eigenvalue weighted by atomic mass is 16.1. The molecule has 0 saturated carbocycles. The van der Waals surface area contributed by atoms with Gasteiger partial charge < -0.3 is 5.73 Å². The Labute approximate surface area is 120 Å². The molecule has 0 aliphatic rings. The first-order valence-electron chi connectivity index (χ1n) is 8.06. The van der Waals surface area contributed by atoms with Gasteiger partial charge in [0.05, 0.1) is 0 Å². The van der Waals surface area contributed by atoms with Gasteiger partial charge in [-0.3, -0.25) is 4.79 Å². The third kappa shape index (κ3) is 10.1. The average molecular weight is 269 g/mol. The van der Waals surface area contributed by atoms with Gasteiger partial charge in [-0.1, -0.05) is 59.8 Å². The highest BCUT2D eigenvalue weighted by Crippen LogP contribution is 2.27. The Balaban J connectivity index is 3.99. The molecule has 2 unspecified atom stereocenters. The molecule has 2 atom stereocenters. The van der Waals surface area contributed by atoms with E-state index < -0.39 is 0 Å². The Morgan fingerprint density at radius 3 is 2.05 bits per heavy atom. The number of rotatable bonds is 10. The summed E-state index contributed by atoms with van der Waals surface area (Å²) in [6.07, 6.45) is 9.01. The van der Waals surface area contributed by atoms with Crippen LogP contribution < -0.4 is 5.73 Å². The molecule has 19 heavy (non-hydrogen) atoms. The first-order valence-corrected chi connectivity index (χ1v) is 8.06. The van der Waals surface area contributed by atoms with Crippen molar-refractivity contribution in [2.24, 2.45) is 17.1 Å². The van der Waals surface area contributed by atoms with Gasteiger partial charge >= 0.3 is 0 Å². The molecule has 0 radical (unpaired) electrons. The normalized spacial score (nSPS) is 15.3. The highest BCUT2D eigenvalue weighted by Gasteiger charge is 2.27. The summed E-state index contributed by atoms with van der Waals surface area (Å²) in [4.78, 5) is 12.3. The van der Waals surface area contributed by atoms with E-state index in [0.29, 0.717) is 12.2 Å². The molecule has 0 aromatic carbocycles. The molecule has 0 rings (SSSR count). The zero-order valence-corrected chi connectivity index (χ0v) is 13.8. The Hall–Kier alpha value is -0.370. The largest absolute Gasteiger partial charge is 0.327 e. The lowest BCUT2D eigenvalue weighted by Crippen LogP contribution is -2.35. The van der Waals surface area contributed by atoms with Gasteiger partial charge in [0.15, 0.2) is 0 Å². The first kappa shape index (κ1) is 18.6. The third-order valence-corrected chi connectivity index (χ3v) is 3.66. The highest BCUT2D eigenvalue weighted by molar-refractivity contribution is 5.81. The number of carbonyl (C=O) groups is 1. The van der Waals surface area contributed by atoms with Crippen molar-refractivity contribution in [3.63, 3.8) is 0 Å². The van der Waals surface area contributed by atoms with Crippen LogP contribution in [0.5, 0.6) is 0 Å². The van der Waals surface area contributed by atoms with Crippen LogP contribution in [0.2, 0.25) is 0 Å². The smallest absolute Gasteiger partial charge is 0.137 e. The maximum absolute atomic E-state index is 12.3. The molecule has 2 N–H and O–H groups in total. The minimum Gasteiger partial charge on any atom is -0.327 e. The minimum absolute atomic E-state index is 0.0215. The van der Waals surface area contributed by atoms with Gasteiger partial charge in [-0.15, -0.1) is 0 Å². The summed E-state index contributed by atoms with van der Waals surface area (Å²) < 4.78 is 0. The number of unbranched alkanes of at least 4 members (excludes halogenated alkanes) is 5. The Morgan fingerprint density at radius 2 is 1.58 bits per heavy atom. The van der Waals surface area contributed by atoms with E-state index >= 15 is 0 Å². The van der Waals surface area contributed by atoms with E-state index in [0.717, 1.165) is 12.8 Å². The van der Waals surface area contributed by atoms with Crippen LogP contribution in [0.25, 0.3) is 0 Å². The van der Waals surface area contributed by atoms with Gasteiger partial charge in [0, 0.05) is 18.4 Å². The zero-order chi connectivity index (χ0) is 14.9. The topological polar surface area (TPSA) is 43.1 Å². The van der Waals surface area contributed by atoms with E-state index in [1.807, 2.05) is 6.92 Å². The molecule has 2 nitrogen and oxygen atoms in total. The first-order chi connectivity index (χ1) is 8.78. The van der Waals surface area contributed by atoms with Crippen LogP contribution in [0.15, 0.2) is 0 Å². The number of nitrogens with two attached hydrogens (primary N) is 1. The lowest BCUT2D eigenvalue weighted by atomic mass is 9.79. The van der Waals surface area contributed by atoms with E-state index in [9.17, 15) is 4.79 Å². The summed E-state index contributed by atoms with van der Waals surface area (Å²) in [5.74, 6) is 0.413. The third-order valence-electron chi connectivity index (χ3n) is 3.66. The molecule has 0 aromatic heterocycles. The molecule has 0 spiro atoms. The minimum atomic E-state index is -0.0215. The van der Waals surface area contributed by atoms with E-state index in [2.05, 4.69) is 27.7 Å². The predicted octanol–water partition coefficient (Wildman–Crippen LogP) is 4.71. The van der Waals surface area contributed by atoms with Crippen molar-refractivity contribution in [2.45, 2.75) is 92.0 Å². The van der Waals surface area contributed by atoms with Crippen molar-refractivity contribution in [1.29, 1.82) is 0 Å². The van der Waals surface area contributed by atoms with Crippen LogP contribution in [-0.4, -0.2) is 11.8 Å². The molecular formula is C17H35NO. The summed E-state index contributed by atoms with van der Waals surface area (Å²) in [5.41, 5.74) is 6.17. The fourth-order valence-corrected chi connectivity index (χ4v) is 2.52. The zero-order valence-electron chi connectivity index (χ0n) is 13.8. The van der Waals surface area contributed by atoms with Gasteiger partial charge in [-0.05, 0) is 25.2 Å². The summed E-state index contributed by atoms with van der Waals surface area (Å²) in [5, 5.41) is 0. The van der Waals surface area contributed by atoms with Gasteiger partial charge in [0.2, 0.25) is 0 Å². The van der Waals surface area contributed by atoms with Crippen LogP contribution in [-0.2, 0) is 4.79 Å². The molecule has 0 amide bonds. The van der Waals surface area contributed by atoms with Crippen molar-refractivity contribution in [3.05, 3.63) is 0 Å². The van der Waals surface area contributed by atoms with Gasteiger partial charge in [0.1, 0.15) is 5.78 Å². The number of Topliss-reactive ketones (excluding diaryl/α,β-unsaturated/α-hetero) is 1. The number of hydrogen-bond donors (Lipinski definition) is 1. The lowest BCUT2D eigenvalue weighted by Gasteiger charge is -2.27. The monoisotopic (exact) mass is 269 g/mol. The van der Waals surface area contributed by atoms with E-state index in [4.69, 9.17) is 5.73 Å². The molecule has 0 aromatic rings.